The summed E-state index contributed by atoms with van der Waals surface area (Å²) in [5, 5.41) is 0. The van der Waals surface area contributed by atoms with Crippen LogP contribution in [0, 0.1) is 5.41 Å². The Kier molecular flexibility index (Phi) is 4.68. The Morgan fingerprint density at radius 3 is 2.35 bits per heavy atom. The normalized spacial score (nSPS) is 25.1. The van der Waals surface area contributed by atoms with Crippen LogP contribution >= 0.6 is 0 Å². The van der Waals surface area contributed by atoms with Crippen molar-refractivity contribution in [3.05, 3.63) is 0 Å². The summed E-state index contributed by atoms with van der Waals surface area (Å²) in [6, 6.07) is 0. The van der Waals surface area contributed by atoms with Crippen molar-refractivity contribution in [2.75, 3.05) is 19.6 Å². The summed E-state index contributed by atoms with van der Waals surface area (Å²) in [6.45, 7) is 13.7. The molecule has 1 aliphatic rings. The highest BCUT2D eigenvalue weighted by Crippen LogP contribution is 2.33. The fraction of sp³-hybridized carbons (Fsp3) is 0.923. The lowest BCUT2D eigenvalue weighted by atomic mass is 9.79. The van der Waals surface area contributed by atoms with Crippen molar-refractivity contribution in [2.24, 2.45) is 5.41 Å². The van der Waals surface area contributed by atoms with Crippen molar-refractivity contribution in [3.8, 4) is 0 Å². The molecule has 2 radical (unpaired) electrons. The smallest absolute Gasteiger partial charge is 0.256 e. The van der Waals surface area contributed by atoms with Gasteiger partial charge in [0.15, 0.2) is 0 Å². The molecule has 1 aliphatic heterocycles. The molecule has 17 heavy (non-hydrogen) atoms. The third kappa shape index (κ3) is 3.98. The Labute approximate surface area is 114 Å². The first-order valence-electron chi connectivity index (χ1n) is 6.48. The summed E-state index contributed by atoms with van der Waals surface area (Å²) in [5.41, 5.74) is 0.346. The van der Waals surface area contributed by atoms with Gasteiger partial charge in [-0.15, -0.1) is 0 Å². The zero-order valence-electron chi connectivity index (χ0n) is 11.9. The van der Waals surface area contributed by atoms with Crippen molar-refractivity contribution in [3.63, 3.8) is 0 Å². The first kappa shape index (κ1) is 15.0. The molecule has 0 atom stereocenters. The maximum Gasteiger partial charge on any atom is 0.256 e. The van der Waals surface area contributed by atoms with Crippen molar-refractivity contribution in [2.45, 2.75) is 53.0 Å². The molecule has 1 rings (SSSR count). The summed E-state index contributed by atoms with van der Waals surface area (Å²) in [4.78, 5) is 13.9. The number of amides is 1. The number of nitrogens with zero attached hydrogens (tertiary/aromatic N) is 2. The lowest BCUT2D eigenvalue weighted by Crippen LogP contribution is -2.54. The molecule has 1 amide bonds. The van der Waals surface area contributed by atoms with Gasteiger partial charge in [0, 0.05) is 19.5 Å². The van der Waals surface area contributed by atoms with Crippen molar-refractivity contribution >= 4 is 22.4 Å². The van der Waals surface area contributed by atoms with Crippen LogP contribution in [-0.2, 0) is 4.79 Å². The maximum atomic E-state index is 11.9. The van der Waals surface area contributed by atoms with E-state index in [0.717, 1.165) is 26.1 Å². The maximum absolute atomic E-state index is 11.9. The number of rotatable bonds is 1. The van der Waals surface area contributed by atoms with Crippen LogP contribution in [0.4, 0.5) is 0 Å². The second kappa shape index (κ2) is 5.30. The summed E-state index contributed by atoms with van der Waals surface area (Å²) in [7, 11) is 0. The van der Waals surface area contributed by atoms with E-state index < -0.39 is 0 Å². The molecule has 3 nitrogen and oxygen atoms in total. The second-order valence-corrected chi connectivity index (χ2v) is 7.14. The molecule has 0 aromatic carbocycles. The van der Waals surface area contributed by atoms with Gasteiger partial charge in [0.25, 0.3) is 16.5 Å². The summed E-state index contributed by atoms with van der Waals surface area (Å²) in [5.74, 6) is 0.274. The van der Waals surface area contributed by atoms with Gasteiger partial charge in [0.1, 0.15) is 0 Å². The second-order valence-electron chi connectivity index (χ2n) is 6.52. The highest BCUT2D eigenvalue weighted by Gasteiger charge is 2.35. The molecule has 0 N–H and O–H groups in total. The molecular formula is C13H25AlN2O. The largest absolute Gasteiger partial charge is 0.396 e. The van der Waals surface area contributed by atoms with Crippen LogP contribution in [0.2, 0.25) is 0 Å². The highest BCUT2D eigenvalue weighted by molar-refractivity contribution is 6.04. The van der Waals surface area contributed by atoms with Crippen LogP contribution in [0.5, 0.6) is 0 Å². The molecule has 1 heterocycles. The fourth-order valence-electron chi connectivity index (χ4n) is 2.89. The Balaban J connectivity index is 2.85. The molecule has 4 heteroatoms. The Morgan fingerprint density at radius 2 is 1.82 bits per heavy atom. The number of carbonyl (C=O) groups is 1. The van der Waals surface area contributed by atoms with Gasteiger partial charge in [0.2, 0.25) is 5.91 Å². The van der Waals surface area contributed by atoms with Crippen molar-refractivity contribution < 1.29 is 4.79 Å². The lowest BCUT2D eigenvalue weighted by molar-refractivity contribution is -0.133. The zero-order chi connectivity index (χ0) is 13.3. The zero-order valence-corrected chi connectivity index (χ0v) is 13.1. The molecular weight excluding hydrogens is 227 g/mol. The number of hydrogen-bond acceptors (Lipinski definition) is 2. The van der Waals surface area contributed by atoms with E-state index in [-0.39, 0.29) is 16.9 Å². The lowest BCUT2D eigenvalue weighted by Gasteiger charge is -2.48. The van der Waals surface area contributed by atoms with Crippen LogP contribution in [-0.4, -0.2) is 56.4 Å². The standard InChI is InChI=1S/C13H25N2O.Al/c1-6-11(16)15-8-7-14-13(4,5)9-12(2,3)10-15;/h6-10H2,1-5H3;/q-1;+1. The minimum Gasteiger partial charge on any atom is -0.396 e. The minimum atomic E-state index is 0.170. The van der Waals surface area contributed by atoms with Gasteiger partial charge >= 0.3 is 0 Å². The van der Waals surface area contributed by atoms with Gasteiger partial charge < -0.3 is 8.78 Å². The van der Waals surface area contributed by atoms with Gasteiger partial charge in [-0.05, 0) is 37.8 Å². The van der Waals surface area contributed by atoms with Crippen LogP contribution in [0.3, 0.4) is 0 Å². The van der Waals surface area contributed by atoms with Crippen LogP contribution in [0.15, 0.2) is 0 Å². The SMILES string of the molecule is CCC(=O)N1CC[N]([Al])C(C)(C)CC(C)(C)C1. The van der Waals surface area contributed by atoms with E-state index in [0.29, 0.717) is 6.42 Å². The monoisotopic (exact) mass is 252 g/mol. The predicted octanol–water partition coefficient (Wildman–Crippen LogP) is 1.82. The highest BCUT2D eigenvalue weighted by atomic mass is 27.1. The van der Waals surface area contributed by atoms with Gasteiger partial charge in [-0.2, -0.15) is 0 Å². The summed E-state index contributed by atoms with van der Waals surface area (Å²) >= 11 is 2.82. The molecule has 0 aromatic rings. The van der Waals surface area contributed by atoms with Gasteiger partial charge in [0.05, 0.1) is 0 Å². The molecule has 0 aromatic heterocycles. The topological polar surface area (TPSA) is 23.6 Å². The number of carbonyl (C=O) groups excluding carboxylic acids is 1. The van der Waals surface area contributed by atoms with Gasteiger partial charge in [-0.25, -0.2) is 0 Å². The predicted molar refractivity (Wildman–Crippen MR) is 71.8 cm³/mol. The quantitative estimate of drug-likeness (QED) is 0.665. The third-order valence-electron chi connectivity index (χ3n) is 3.57. The molecule has 0 bridgehead atoms. The molecule has 96 valence electrons. The van der Waals surface area contributed by atoms with Gasteiger partial charge in [-0.1, -0.05) is 20.8 Å². The molecule has 0 spiro atoms. The molecule has 0 saturated carbocycles. The molecule has 0 unspecified atom stereocenters. The summed E-state index contributed by atoms with van der Waals surface area (Å²) in [6.07, 6.45) is 1.70. The van der Waals surface area contributed by atoms with Crippen molar-refractivity contribution in [1.82, 2.24) is 8.78 Å². The van der Waals surface area contributed by atoms with E-state index in [2.05, 4.69) is 48.1 Å². The fourth-order valence-corrected chi connectivity index (χ4v) is 3.10. The average molecular weight is 252 g/mol. The first-order valence-corrected chi connectivity index (χ1v) is 7.00. The van der Waals surface area contributed by atoms with Crippen molar-refractivity contribution in [1.29, 1.82) is 0 Å². The Morgan fingerprint density at radius 1 is 1.24 bits per heavy atom. The molecule has 0 aliphatic carbocycles. The van der Waals surface area contributed by atoms with E-state index >= 15 is 0 Å². The van der Waals surface area contributed by atoms with Crippen LogP contribution in [0.25, 0.3) is 0 Å². The van der Waals surface area contributed by atoms with Gasteiger partial charge in [-0.3, -0.25) is 4.79 Å². The van der Waals surface area contributed by atoms with E-state index in [4.69, 9.17) is 0 Å². The van der Waals surface area contributed by atoms with E-state index in [1.54, 1.807) is 0 Å². The molecule has 1 saturated heterocycles. The van der Waals surface area contributed by atoms with Crippen LogP contribution < -0.4 is 0 Å². The van der Waals surface area contributed by atoms with Crippen LogP contribution in [0.1, 0.15) is 47.5 Å². The minimum absolute atomic E-state index is 0.170. The van der Waals surface area contributed by atoms with E-state index in [1.807, 2.05) is 11.8 Å². The Bertz CT molecular complexity index is 289. The van der Waals surface area contributed by atoms with E-state index in [1.165, 1.54) is 0 Å². The summed E-state index contributed by atoms with van der Waals surface area (Å²) < 4.78 is 2.30. The average Bonchev–Trinajstić information content (AvgIpc) is 2.19. The Hall–Kier alpha value is -0.0375. The first-order chi connectivity index (χ1) is 7.68. The van der Waals surface area contributed by atoms with E-state index in [9.17, 15) is 4.79 Å². The third-order valence-corrected chi connectivity index (χ3v) is 4.53. The number of hydrogen-bond donors (Lipinski definition) is 0. The molecule has 1 fully saturated rings.